The first-order valence-corrected chi connectivity index (χ1v) is 6.48. The number of tetrazole rings is 1. The molecule has 21 heavy (non-hydrogen) atoms. The molecule has 1 aromatic carbocycles. The van der Waals surface area contributed by atoms with Gasteiger partial charge in [0.05, 0.1) is 13.0 Å². The molecule has 0 atom stereocenters. The van der Waals surface area contributed by atoms with Crippen LogP contribution in [0.4, 0.5) is 0 Å². The van der Waals surface area contributed by atoms with Crippen molar-refractivity contribution >= 4 is 11.9 Å². The van der Waals surface area contributed by atoms with Crippen molar-refractivity contribution in [1.82, 2.24) is 25.9 Å². The summed E-state index contributed by atoms with van der Waals surface area (Å²) in [5.74, 6) is -0.117. The fourth-order valence-electron chi connectivity index (χ4n) is 1.67. The second kappa shape index (κ2) is 7.13. The van der Waals surface area contributed by atoms with Gasteiger partial charge in [0.1, 0.15) is 0 Å². The van der Waals surface area contributed by atoms with Crippen molar-refractivity contribution in [3.05, 3.63) is 29.8 Å². The number of carbonyl (C=O) groups excluding carboxylic acids is 2. The van der Waals surface area contributed by atoms with Gasteiger partial charge in [-0.15, -0.1) is 10.2 Å². The summed E-state index contributed by atoms with van der Waals surface area (Å²) in [6.07, 6.45) is 0.153. The Bertz CT molecular complexity index is 595. The predicted octanol–water partition coefficient (Wildman–Crippen LogP) is 0.550. The zero-order valence-electron chi connectivity index (χ0n) is 11.5. The molecule has 0 aliphatic heterocycles. The van der Waals surface area contributed by atoms with Crippen LogP contribution in [0.5, 0.6) is 0 Å². The van der Waals surface area contributed by atoms with Gasteiger partial charge in [0, 0.05) is 17.7 Å². The molecule has 8 heteroatoms. The number of hydrogen-bond donors (Lipinski definition) is 2. The van der Waals surface area contributed by atoms with Crippen molar-refractivity contribution in [2.75, 3.05) is 13.2 Å². The van der Waals surface area contributed by atoms with Gasteiger partial charge in [-0.25, -0.2) is 0 Å². The summed E-state index contributed by atoms with van der Waals surface area (Å²) in [7, 11) is 0. The van der Waals surface area contributed by atoms with Gasteiger partial charge < -0.3 is 10.1 Å². The van der Waals surface area contributed by atoms with E-state index in [4.69, 9.17) is 4.74 Å². The Balaban J connectivity index is 1.87. The summed E-state index contributed by atoms with van der Waals surface area (Å²) in [6, 6.07) is 6.77. The lowest BCUT2D eigenvalue weighted by atomic mass is 10.1. The van der Waals surface area contributed by atoms with Crippen molar-refractivity contribution in [2.24, 2.45) is 0 Å². The lowest BCUT2D eigenvalue weighted by Gasteiger charge is -2.05. The Kier molecular flexibility index (Phi) is 4.97. The van der Waals surface area contributed by atoms with Crippen LogP contribution >= 0.6 is 0 Å². The first kappa shape index (κ1) is 14.6. The van der Waals surface area contributed by atoms with E-state index in [0.29, 0.717) is 18.0 Å². The zero-order valence-corrected chi connectivity index (χ0v) is 11.5. The first-order chi connectivity index (χ1) is 10.2. The lowest BCUT2D eigenvalue weighted by molar-refractivity contribution is -0.142. The molecule has 0 bridgehead atoms. The van der Waals surface area contributed by atoms with E-state index in [-0.39, 0.29) is 24.8 Å². The maximum atomic E-state index is 11.9. The minimum absolute atomic E-state index is 0.153. The van der Waals surface area contributed by atoms with E-state index in [1.165, 1.54) is 0 Å². The summed E-state index contributed by atoms with van der Waals surface area (Å²) in [5, 5.41) is 16.2. The topological polar surface area (TPSA) is 110 Å². The fraction of sp³-hybridized carbons (Fsp3) is 0.308. The molecular formula is C13H15N5O3. The molecule has 0 spiro atoms. The molecule has 1 heterocycles. The molecule has 110 valence electrons. The minimum atomic E-state index is -0.328. The number of H-pyrrole nitrogens is 1. The fourth-order valence-corrected chi connectivity index (χ4v) is 1.67. The van der Waals surface area contributed by atoms with Crippen molar-refractivity contribution in [1.29, 1.82) is 0 Å². The lowest BCUT2D eigenvalue weighted by Crippen LogP contribution is -2.26. The van der Waals surface area contributed by atoms with E-state index in [0.717, 1.165) is 5.56 Å². The van der Waals surface area contributed by atoms with Gasteiger partial charge in [-0.1, -0.05) is 12.1 Å². The number of esters is 1. The normalized spacial score (nSPS) is 10.1. The van der Waals surface area contributed by atoms with Crippen LogP contribution in [0.2, 0.25) is 0 Å². The summed E-state index contributed by atoms with van der Waals surface area (Å²) in [4.78, 5) is 23.0. The summed E-state index contributed by atoms with van der Waals surface area (Å²) < 4.78 is 4.77. The summed E-state index contributed by atoms with van der Waals surface area (Å²) in [6.45, 7) is 2.32. The molecule has 0 saturated carbocycles. The maximum Gasteiger partial charge on any atom is 0.307 e. The SMILES string of the molecule is CCOC(=O)CCNC(=O)c1ccc(-c2nn[nH]n2)cc1. The van der Waals surface area contributed by atoms with Gasteiger partial charge in [-0.3, -0.25) is 9.59 Å². The van der Waals surface area contributed by atoms with E-state index in [9.17, 15) is 9.59 Å². The average molecular weight is 289 g/mol. The molecule has 0 radical (unpaired) electrons. The van der Waals surface area contributed by atoms with Crippen LogP contribution in [-0.2, 0) is 9.53 Å². The standard InChI is InChI=1S/C13H15N5O3/c1-2-21-11(19)7-8-14-13(20)10-5-3-9(4-6-10)12-15-17-18-16-12/h3-6H,2,7-8H2,1H3,(H,14,20)(H,15,16,17,18). The average Bonchev–Trinajstić information content (AvgIpc) is 3.02. The molecular weight excluding hydrogens is 274 g/mol. The van der Waals surface area contributed by atoms with Gasteiger partial charge in [0.15, 0.2) is 0 Å². The van der Waals surface area contributed by atoms with Crippen LogP contribution in [0, 0.1) is 0 Å². The molecule has 2 aromatic rings. The van der Waals surface area contributed by atoms with Crippen LogP contribution in [0.25, 0.3) is 11.4 Å². The number of ether oxygens (including phenoxy) is 1. The second-order valence-corrected chi connectivity index (χ2v) is 4.12. The molecule has 0 unspecified atom stereocenters. The van der Waals surface area contributed by atoms with Crippen molar-refractivity contribution in [3.63, 3.8) is 0 Å². The summed E-state index contributed by atoms with van der Waals surface area (Å²) in [5.41, 5.74) is 1.25. The van der Waals surface area contributed by atoms with Gasteiger partial charge in [0.2, 0.25) is 5.82 Å². The smallest absolute Gasteiger partial charge is 0.307 e. The first-order valence-electron chi connectivity index (χ1n) is 6.48. The molecule has 8 nitrogen and oxygen atoms in total. The van der Waals surface area contributed by atoms with Crippen molar-refractivity contribution < 1.29 is 14.3 Å². The highest BCUT2D eigenvalue weighted by molar-refractivity contribution is 5.94. The van der Waals surface area contributed by atoms with Crippen LogP contribution in [-0.4, -0.2) is 45.7 Å². The quantitative estimate of drug-likeness (QED) is 0.751. The third kappa shape index (κ3) is 4.10. The second-order valence-electron chi connectivity index (χ2n) is 4.12. The highest BCUT2D eigenvalue weighted by Gasteiger charge is 2.08. The van der Waals surface area contributed by atoms with E-state index in [1.807, 2.05) is 0 Å². The van der Waals surface area contributed by atoms with Crippen molar-refractivity contribution in [2.45, 2.75) is 13.3 Å². The van der Waals surface area contributed by atoms with Crippen LogP contribution in [0.15, 0.2) is 24.3 Å². The van der Waals surface area contributed by atoms with Crippen LogP contribution in [0.3, 0.4) is 0 Å². The highest BCUT2D eigenvalue weighted by atomic mass is 16.5. The number of carbonyl (C=O) groups is 2. The van der Waals surface area contributed by atoms with Gasteiger partial charge >= 0.3 is 5.97 Å². The van der Waals surface area contributed by atoms with E-state index < -0.39 is 0 Å². The Morgan fingerprint density at radius 2 is 2.05 bits per heavy atom. The Morgan fingerprint density at radius 3 is 2.67 bits per heavy atom. The number of rotatable bonds is 6. The molecule has 0 saturated heterocycles. The largest absolute Gasteiger partial charge is 0.466 e. The van der Waals surface area contributed by atoms with Crippen LogP contribution in [0.1, 0.15) is 23.7 Å². The maximum absolute atomic E-state index is 11.9. The van der Waals surface area contributed by atoms with Gasteiger partial charge in [-0.2, -0.15) is 5.21 Å². The molecule has 1 amide bonds. The Morgan fingerprint density at radius 1 is 1.29 bits per heavy atom. The number of benzene rings is 1. The number of nitrogens with one attached hydrogen (secondary N) is 2. The number of hydrogen-bond acceptors (Lipinski definition) is 6. The Labute approximate surface area is 120 Å². The van der Waals surface area contributed by atoms with Gasteiger partial charge in [0.25, 0.3) is 5.91 Å². The molecule has 0 aliphatic carbocycles. The third-order valence-corrected chi connectivity index (χ3v) is 2.67. The number of nitrogens with zero attached hydrogens (tertiary/aromatic N) is 3. The third-order valence-electron chi connectivity index (χ3n) is 2.67. The molecule has 2 N–H and O–H groups in total. The Hall–Kier alpha value is -2.77. The highest BCUT2D eigenvalue weighted by Crippen LogP contribution is 2.13. The van der Waals surface area contributed by atoms with Crippen LogP contribution < -0.4 is 5.32 Å². The number of amides is 1. The number of aromatic nitrogens is 4. The molecule has 2 rings (SSSR count). The minimum Gasteiger partial charge on any atom is -0.466 e. The van der Waals surface area contributed by atoms with E-state index >= 15 is 0 Å². The molecule has 0 aliphatic rings. The summed E-state index contributed by atoms with van der Waals surface area (Å²) >= 11 is 0. The molecule has 1 aromatic heterocycles. The molecule has 0 fully saturated rings. The zero-order chi connectivity index (χ0) is 15.1. The predicted molar refractivity (Wildman–Crippen MR) is 73.2 cm³/mol. The van der Waals surface area contributed by atoms with Gasteiger partial charge in [-0.05, 0) is 24.3 Å². The monoisotopic (exact) mass is 289 g/mol. The van der Waals surface area contributed by atoms with Crippen molar-refractivity contribution in [3.8, 4) is 11.4 Å². The van der Waals surface area contributed by atoms with E-state index in [1.54, 1.807) is 31.2 Å². The van der Waals surface area contributed by atoms with E-state index in [2.05, 4.69) is 25.9 Å². The number of aromatic amines is 1.